The average Bonchev–Trinajstić information content (AvgIpc) is 3.03. The van der Waals surface area contributed by atoms with Crippen LogP contribution in [0.4, 0.5) is 0 Å². The molecule has 1 aliphatic heterocycles. The molecular formula is C11H15N5O3. The number of aliphatic carboxylic acids is 1. The van der Waals surface area contributed by atoms with Crippen LogP contribution in [0.3, 0.4) is 0 Å². The van der Waals surface area contributed by atoms with Crippen LogP contribution in [-0.4, -0.2) is 62.6 Å². The van der Waals surface area contributed by atoms with E-state index in [0.717, 1.165) is 25.9 Å². The summed E-state index contributed by atoms with van der Waals surface area (Å²) in [6.45, 7) is 1.36. The molecule has 1 aliphatic carbocycles. The van der Waals surface area contributed by atoms with Gasteiger partial charge in [0.25, 0.3) is 5.91 Å². The molecule has 8 nitrogen and oxygen atoms in total. The van der Waals surface area contributed by atoms with Gasteiger partial charge in [0.2, 0.25) is 0 Å². The number of hydrogen-bond acceptors (Lipinski definition) is 5. The predicted octanol–water partition coefficient (Wildman–Crippen LogP) is -0.888. The molecule has 1 amide bonds. The smallest absolute Gasteiger partial charge is 0.323 e. The van der Waals surface area contributed by atoms with Crippen molar-refractivity contribution in [2.24, 2.45) is 0 Å². The molecule has 1 aromatic rings. The molecule has 2 heterocycles. The van der Waals surface area contributed by atoms with Crippen LogP contribution in [0.5, 0.6) is 0 Å². The first-order valence-electron chi connectivity index (χ1n) is 6.30. The molecule has 8 heteroatoms. The Balaban J connectivity index is 1.73. The minimum absolute atomic E-state index is 0.0409. The van der Waals surface area contributed by atoms with Gasteiger partial charge in [0.15, 0.2) is 5.69 Å². The average molecular weight is 265 g/mol. The zero-order chi connectivity index (χ0) is 13.4. The lowest BCUT2D eigenvalue weighted by atomic mass is 10.2. The summed E-state index contributed by atoms with van der Waals surface area (Å²) in [6, 6.07) is 0.280. The Bertz CT molecular complexity index is 506. The van der Waals surface area contributed by atoms with Gasteiger partial charge < -0.3 is 15.3 Å². The van der Waals surface area contributed by atoms with Gasteiger partial charge in [0.1, 0.15) is 6.54 Å². The van der Waals surface area contributed by atoms with Gasteiger partial charge in [0.05, 0.1) is 12.2 Å². The van der Waals surface area contributed by atoms with Gasteiger partial charge in [-0.25, -0.2) is 4.68 Å². The topological polar surface area (TPSA) is 100 Å². The van der Waals surface area contributed by atoms with E-state index >= 15 is 0 Å². The largest absolute Gasteiger partial charge is 0.480 e. The van der Waals surface area contributed by atoms with Crippen LogP contribution in [0.25, 0.3) is 0 Å². The highest BCUT2D eigenvalue weighted by molar-refractivity contribution is 5.94. The second-order valence-electron chi connectivity index (χ2n) is 4.95. The maximum Gasteiger partial charge on any atom is 0.323 e. The lowest BCUT2D eigenvalue weighted by molar-refractivity contribution is -0.137. The molecule has 1 aromatic heterocycles. The summed E-state index contributed by atoms with van der Waals surface area (Å²) in [5, 5.41) is 19.8. The fourth-order valence-electron chi connectivity index (χ4n) is 2.06. The highest BCUT2D eigenvalue weighted by Gasteiger charge is 2.35. The van der Waals surface area contributed by atoms with Crippen molar-refractivity contribution in [3.8, 4) is 0 Å². The number of nitrogens with zero attached hydrogens (tertiary/aromatic N) is 4. The van der Waals surface area contributed by atoms with Crippen molar-refractivity contribution < 1.29 is 14.7 Å². The van der Waals surface area contributed by atoms with E-state index in [1.165, 1.54) is 4.90 Å². The monoisotopic (exact) mass is 265 g/mol. The number of amides is 1. The second kappa shape index (κ2) is 4.61. The first-order chi connectivity index (χ1) is 9.15. The molecule has 2 aliphatic rings. The van der Waals surface area contributed by atoms with Crippen LogP contribution < -0.4 is 5.32 Å². The van der Waals surface area contributed by atoms with Gasteiger partial charge in [-0.2, -0.15) is 0 Å². The highest BCUT2D eigenvalue weighted by atomic mass is 16.4. The molecule has 1 saturated heterocycles. The zero-order valence-corrected chi connectivity index (χ0v) is 10.3. The third-order valence-electron chi connectivity index (χ3n) is 3.42. The quantitative estimate of drug-likeness (QED) is 0.716. The van der Waals surface area contributed by atoms with E-state index in [1.807, 2.05) is 0 Å². The first kappa shape index (κ1) is 12.1. The number of carboxylic acids is 1. The van der Waals surface area contributed by atoms with Gasteiger partial charge in [-0.15, -0.1) is 5.10 Å². The minimum Gasteiger partial charge on any atom is -0.480 e. The minimum atomic E-state index is -1.00. The van der Waals surface area contributed by atoms with Crippen LogP contribution in [0.15, 0.2) is 6.20 Å². The van der Waals surface area contributed by atoms with Crippen molar-refractivity contribution in [1.82, 2.24) is 25.2 Å². The van der Waals surface area contributed by atoms with Crippen molar-refractivity contribution in [3.05, 3.63) is 11.9 Å². The molecule has 0 atom stereocenters. The van der Waals surface area contributed by atoms with Crippen molar-refractivity contribution in [3.63, 3.8) is 0 Å². The Morgan fingerprint density at radius 2 is 2.21 bits per heavy atom. The Hall–Kier alpha value is -1.96. The predicted molar refractivity (Wildman–Crippen MR) is 63.6 cm³/mol. The lowest BCUT2D eigenvalue weighted by Crippen LogP contribution is -2.43. The summed E-state index contributed by atoms with van der Waals surface area (Å²) in [7, 11) is 0. The van der Waals surface area contributed by atoms with Crippen molar-refractivity contribution in [1.29, 1.82) is 0 Å². The number of carbonyl (C=O) groups excluding carboxylic acids is 1. The summed E-state index contributed by atoms with van der Waals surface area (Å²) in [6.07, 6.45) is 3.32. The van der Waals surface area contributed by atoms with Gasteiger partial charge in [0, 0.05) is 19.1 Å². The number of nitrogens with one attached hydrogen (secondary N) is 1. The SMILES string of the molecule is O=C(O)CN(C(=O)c1cn(C2CNC2)nn1)C1CC1. The van der Waals surface area contributed by atoms with Gasteiger partial charge in [-0.3, -0.25) is 9.59 Å². The molecule has 1 saturated carbocycles. The standard InChI is InChI=1S/C11H15N5O3/c17-10(18)6-15(7-1-2-7)11(19)9-5-16(14-13-9)8-3-12-4-8/h5,7-8,12H,1-4,6H2,(H,17,18). The third kappa shape index (κ3) is 2.43. The van der Waals surface area contributed by atoms with Crippen molar-refractivity contribution in [2.45, 2.75) is 24.9 Å². The summed E-state index contributed by atoms with van der Waals surface area (Å²) in [4.78, 5) is 24.4. The summed E-state index contributed by atoms with van der Waals surface area (Å²) in [5.74, 6) is -1.35. The Morgan fingerprint density at radius 3 is 2.74 bits per heavy atom. The van der Waals surface area contributed by atoms with Crippen molar-refractivity contribution in [2.75, 3.05) is 19.6 Å². The molecule has 2 N–H and O–H groups in total. The molecule has 102 valence electrons. The van der Waals surface area contributed by atoms with E-state index in [4.69, 9.17) is 5.11 Å². The molecule has 0 radical (unpaired) electrons. The first-order valence-corrected chi connectivity index (χ1v) is 6.30. The van der Waals surface area contributed by atoms with E-state index in [1.54, 1.807) is 10.9 Å². The van der Waals surface area contributed by atoms with Crippen LogP contribution in [0.1, 0.15) is 29.4 Å². The van der Waals surface area contributed by atoms with Gasteiger partial charge in [-0.05, 0) is 12.8 Å². The second-order valence-corrected chi connectivity index (χ2v) is 4.95. The van der Waals surface area contributed by atoms with E-state index in [2.05, 4.69) is 15.6 Å². The molecular weight excluding hydrogens is 250 g/mol. The molecule has 0 bridgehead atoms. The van der Waals surface area contributed by atoms with Crippen LogP contribution in [0.2, 0.25) is 0 Å². The summed E-state index contributed by atoms with van der Waals surface area (Å²) < 4.78 is 1.66. The Labute approximate surface area is 109 Å². The van der Waals surface area contributed by atoms with Crippen molar-refractivity contribution >= 4 is 11.9 Å². The summed E-state index contributed by atoms with van der Waals surface area (Å²) in [5.41, 5.74) is 0.222. The number of hydrogen-bond donors (Lipinski definition) is 2. The number of rotatable bonds is 5. The maximum absolute atomic E-state index is 12.2. The molecule has 0 aromatic carbocycles. The normalized spacial score (nSPS) is 18.9. The molecule has 3 rings (SSSR count). The Morgan fingerprint density at radius 1 is 1.47 bits per heavy atom. The van der Waals surface area contributed by atoms with Gasteiger partial charge in [-0.1, -0.05) is 5.21 Å². The fraction of sp³-hybridized carbons (Fsp3) is 0.636. The lowest BCUT2D eigenvalue weighted by Gasteiger charge is -2.26. The van der Waals surface area contributed by atoms with E-state index in [9.17, 15) is 9.59 Å². The highest BCUT2D eigenvalue weighted by Crippen LogP contribution is 2.27. The number of carbonyl (C=O) groups is 2. The molecule has 0 spiro atoms. The molecule has 2 fully saturated rings. The zero-order valence-electron chi connectivity index (χ0n) is 10.3. The third-order valence-corrected chi connectivity index (χ3v) is 3.42. The van der Waals surface area contributed by atoms with Crippen LogP contribution in [-0.2, 0) is 4.79 Å². The van der Waals surface area contributed by atoms with Gasteiger partial charge >= 0.3 is 5.97 Å². The van der Waals surface area contributed by atoms with Crippen LogP contribution in [0, 0.1) is 0 Å². The molecule has 0 unspecified atom stereocenters. The maximum atomic E-state index is 12.2. The molecule has 19 heavy (non-hydrogen) atoms. The van der Waals surface area contributed by atoms with E-state index < -0.39 is 5.97 Å². The number of carboxylic acid groups (broad SMARTS) is 1. The Kier molecular flexibility index (Phi) is 2.94. The summed E-state index contributed by atoms with van der Waals surface area (Å²) >= 11 is 0. The van der Waals surface area contributed by atoms with E-state index in [0.29, 0.717) is 0 Å². The number of aromatic nitrogens is 3. The van der Waals surface area contributed by atoms with E-state index in [-0.39, 0.29) is 30.2 Å². The van der Waals surface area contributed by atoms with Crippen LogP contribution >= 0.6 is 0 Å². The fourth-order valence-corrected chi connectivity index (χ4v) is 2.06.